The minimum absolute atomic E-state index is 0.124. The highest BCUT2D eigenvalue weighted by atomic mass is 19.1. The van der Waals surface area contributed by atoms with Gasteiger partial charge >= 0.3 is 0 Å². The topological polar surface area (TPSA) is 37.3 Å². The van der Waals surface area contributed by atoms with Gasteiger partial charge in [-0.1, -0.05) is 49.0 Å². The number of benzene rings is 2. The number of aliphatic hydroxyl groups is 1. The standard InChI is InChI=1S/C17H15FO2/c1-12(13-7-9-15(18)10-8-13)11-16(19)17(20)14-5-3-2-4-6-14/h2-10,16,19H,1,11H2/t16-/m0/s1. The van der Waals surface area contributed by atoms with Crippen LogP contribution in [0.1, 0.15) is 22.3 Å². The molecule has 0 saturated carbocycles. The summed E-state index contributed by atoms with van der Waals surface area (Å²) in [4.78, 5) is 12.0. The maximum absolute atomic E-state index is 12.8. The van der Waals surface area contributed by atoms with E-state index in [1.807, 2.05) is 0 Å². The second kappa shape index (κ2) is 6.26. The maximum Gasteiger partial charge on any atom is 0.191 e. The highest BCUT2D eigenvalue weighted by Crippen LogP contribution is 2.20. The molecule has 2 aromatic rings. The van der Waals surface area contributed by atoms with Gasteiger partial charge in [-0.05, 0) is 23.3 Å². The normalized spacial score (nSPS) is 11.9. The van der Waals surface area contributed by atoms with Gasteiger partial charge in [0.05, 0.1) is 0 Å². The minimum atomic E-state index is -1.14. The van der Waals surface area contributed by atoms with E-state index in [-0.39, 0.29) is 18.0 Å². The van der Waals surface area contributed by atoms with Crippen molar-refractivity contribution in [3.63, 3.8) is 0 Å². The van der Waals surface area contributed by atoms with Gasteiger partial charge in [0.1, 0.15) is 11.9 Å². The number of rotatable bonds is 5. The summed E-state index contributed by atoms with van der Waals surface area (Å²) in [5, 5.41) is 9.97. The summed E-state index contributed by atoms with van der Waals surface area (Å²) in [6, 6.07) is 14.4. The first-order valence-electron chi connectivity index (χ1n) is 6.29. The zero-order valence-electron chi connectivity index (χ0n) is 10.9. The molecule has 2 nitrogen and oxygen atoms in total. The van der Waals surface area contributed by atoms with E-state index in [2.05, 4.69) is 6.58 Å². The van der Waals surface area contributed by atoms with Crippen molar-refractivity contribution in [1.82, 2.24) is 0 Å². The van der Waals surface area contributed by atoms with Crippen molar-refractivity contribution < 1.29 is 14.3 Å². The molecule has 0 amide bonds. The van der Waals surface area contributed by atoms with Crippen LogP contribution in [-0.4, -0.2) is 17.0 Å². The Morgan fingerprint density at radius 2 is 1.65 bits per heavy atom. The predicted molar refractivity (Wildman–Crippen MR) is 76.8 cm³/mol. The summed E-state index contributed by atoms with van der Waals surface area (Å²) in [5.74, 6) is -0.670. The van der Waals surface area contributed by atoms with Gasteiger partial charge in [-0.3, -0.25) is 4.79 Å². The number of halogens is 1. The van der Waals surface area contributed by atoms with Crippen molar-refractivity contribution in [2.45, 2.75) is 12.5 Å². The molecule has 0 aliphatic carbocycles. The lowest BCUT2D eigenvalue weighted by Crippen LogP contribution is -2.20. The largest absolute Gasteiger partial charge is 0.385 e. The van der Waals surface area contributed by atoms with E-state index in [1.165, 1.54) is 12.1 Å². The van der Waals surface area contributed by atoms with Crippen molar-refractivity contribution in [3.05, 3.63) is 78.1 Å². The summed E-state index contributed by atoms with van der Waals surface area (Å²) in [6.45, 7) is 3.84. The average molecular weight is 270 g/mol. The van der Waals surface area contributed by atoms with Crippen LogP contribution in [0.3, 0.4) is 0 Å². The molecule has 2 aromatic carbocycles. The number of hydrogen-bond donors (Lipinski definition) is 1. The molecule has 0 spiro atoms. The van der Waals surface area contributed by atoms with E-state index >= 15 is 0 Å². The SMILES string of the molecule is C=C(C[C@H](O)C(=O)c1ccccc1)c1ccc(F)cc1. The molecule has 0 heterocycles. The summed E-state index contributed by atoms with van der Waals surface area (Å²) in [7, 11) is 0. The molecule has 1 atom stereocenters. The van der Waals surface area contributed by atoms with Crippen molar-refractivity contribution in [3.8, 4) is 0 Å². The van der Waals surface area contributed by atoms with Crippen molar-refractivity contribution in [2.24, 2.45) is 0 Å². The number of aliphatic hydroxyl groups excluding tert-OH is 1. The van der Waals surface area contributed by atoms with Crippen LogP contribution in [0.5, 0.6) is 0 Å². The fourth-order valence-corrected chi connectivity index (χ4v) is 1.92. The molecular weight excluding hydrogens is 255 g/mol. The van der Waals surface area contributed by atoms with E-state index < -0.39 is 6.10 Å². The van der Waals surface area contributed by atoms with Gasteiger partial charge in [-0.2, -0.15) is 0 Å². The Morgan fingerprint density at radius 3 is 2.25 bits per heavy atom. The van der Waals surface area contributed by atoms with Crippen LogP contribution in [0.4, 0.5) is 4.39 Å². The lowest BCUT2D eigenvalue weighted by atomic mass is 9.97. The molecule has 0 radical (unpaired) electrons. The molecule has 1 N–H and O–H groups in total. The Hall–Kier alpha value is -2.26. The molecule has 2 rings (SSSR count). The van der Waals surface area contributed by atoms with Crippen LogP contribution in [0.2, 0.25) is 0 Å². The molecule has 102 valence electrons. The van der Waals surface area contributed by atoms with Crippen molar-refractivity contribution in [1.29, 1.82) is 0 Å². The number of hydrogen-bond acceptors (Lipinski definition) is 2. The maximum atomic E-state index is 12.8. The molecule has 0 aliphatic heterocycles. The van der Waals surface area contributed by atoms with Crippen LogP contribution in [0.15, 0.2) is 61.2 Å². The number of carbonyl (C=O) groups is 1. The first-order valence-corrected chi connectivity index (χ1v) is 6.29. The van der Waals surface area contributed by atoms with Gasteiger partial charge in [-0.15, -0.1) is 0 Å². The molecular formula is C17H15FO2. The second-order valence-electron chi connectivity index (χ2n) is 4.56. The quantitative estimate of drug-likeness (QED) is 0.845. The van der Waals surface area contributed by atoms with E-state index in [9.17, 15) is 14.3 Å². The molecule has 0 aromatic heterocycles. The third kappa shape index (κ3) is 3.39. The monoisotopic (exact) mass is 270 g/mol. The molecule has 3 heteroatoms. The van der Waals surface area contributed by atoms with Crippen LogP contribution in [0.25, 0.3) is 5.57 Å². The smallest absolute Gasteiger partial charge is 0.191 e. The van der Waals surface area contributed by atoms with Gasteiger partial charge in [0, 0.05) is 12.0 Å². The highest BCUT2D eigenvalue weighted by Gasteiger charge is 2.18. The van der Waals surface area contributed by atoms with Gasteiger partial charge in [-0.25, -0.2) is 4.39 Å². The molecule has 0 bridgehead atoms. The Morgan fingerprint density at radius 1 is 1.05 bits per heavy atom. The zero-order valence-corrected chi connectivity index (χ0v) is 10.9. The van der Waals surface area contributed by atoms with Crippen molar-refractivity contribution in [2.75, 3.05) is 0 Å². The van der Waals surface area contributed by atoms with E-state index in [0.717, 1.165) is 0 Å². The second-order valence-corrected chi connectivity index (χ2v) is 4.56. The lowest BCUT2D eigenvalue weighted by Gasteiger charge is -2.12. The number of ketones is 1. The Balaban J connectivity index is 2.04. The zero-order chi connectivity index (χ0) is 14.5. The van der Waals surface area contributed by atoms with E-state index in [1.54, 1.807) is 42.5 Å². The first kappa shape index (κ1) is 14.2. The fraction of sp³-hybridized carbons (Fsp3) is 0.118. The molecule has 0 aliphatic rings. The Kier molecular flexibility index (Phi) is 4.43. The van der Waals surface area contributed by atoms with E-state index in [4.69, 9.17) is 0 Å². The van der Waals surface area contributed by atoms with Gasteiger partial charge < -0.3 is 5.11 Å². The van der Waals surface area contributed by atoms with Gasteiger partial charge in [0.2, 0.25) is 0 Å². The highest BCUT2D eigenvalue weighted by molar-refractivity contribution is 6.00. The molecule has 0 saturated heterocycles. The average Bonchev–Trinajstić information content (AvgIpc) is 2.48. The van der Waals surface area contributed by atoms with Crippen LogP contribution in [-0.2, 0) is 0 Å². The summed E-state index contributed by atoms with van der Waals surface area (Å²) >= 11 is 0. The molecule has 20 heavy (non-hydrogen) atoms. The summed E-state index contributed by atoms with van der Waals surface area (Å²) in [6.07, 6.45) is -1.02. The minimum Gasteiger partial charge on any atom is -0.385 e. The summed E-state index contributed by atoms with van der Waals surface area (Å²) < 4.78 is 12.8. The third-order valence-corrected chi connectivity index (χ3v) is 3.05. The van der Waals surface area contributed by atoms with Crippen LogP contribution in [0, 0.1) is 5.82 Å². The van der Waals surface area contributed by atoms with Crippen molar-refractivity contribution >= 4 is 11.4 Å². The first-order chi connectivity index (χ1) is 9.58. The predicted octanol–water partition coefficient (Wildman–Crippen LogP) is 3.47. The van der Waals surface area contributed by atoms with Gasteiger partial charge in [0.25, 0.3) is 0 Å². The Bertz CT molecular complexity index is 603. The van der Waals surface area contributed by atoms with E-state index in [0.29, 0.717) is 16.7 Å². The van der Waals surface area contributed by atoms with Crippen LogP contribution >= 0.6 is 0 Å². The fourth-order valence-electron chi connectivity index (χ4n) is 1.92. The lowest BCUT2D eigenvalue weighted by molar-refractivity contribution is 0.0757. The van der Waals surface area contributed by atoms with Gasteiger partial charge in [0.15, 0.2) is 5.78 Å². The third-order valence-electron chi connectivity index (χ3n) is 3.05. The molecule has 0 fully saturated rings. The Labute approximate surface area is 117 Å². The number of carbonyl (C=O) groups excluding carboxylic acids is 1. The summed E-state index contributed by atoms with van der Waals surface area (Å²) in [5.41, 5.74) is 1.78. The molecule has 0 unspecified atom stereocenters. The number of Topliss-reactive ketones (excluding diaryl/α,β-unsaturated/α-hetero) is 1. The van der Waals surface area contributed by atoms with Crippen LogP contribution < -0.4 is 0 Å².